The number of hydrogen-bond donors (Lipinski definition) is 0. The van der Waals surface area contributed by atoms with Crippen LogP contribution in [-0.2, 0) is 0 Å². The van der Waals surface area contributed by atoms with Gasteiger partial charge in [0.2, 0.25) is 0 Å². The van der Waals surface area contributed by atoms with Crippen LogP contribution >= 0.6 is 23.2 Å². The van der Waals surface area contributed by atoms with Crippen LogP contribution in [0.5, 0.6) is 0 Å². The zero-order valence-electron chi connectivity index (χ0n) is 11.9. The molecular weight excluding hydrogens is 309 g/mol. The Morgan fingerprint density at radius 3 is 2.33 bits per heavy atom. The molecular formula is C15H17Cl2N3O. The normalized spacial score (nSPS) is 17.3. The van der Waals surface area contributed by atoms with Gasteiger partial charge in [-0.3, -0.25) is 9.69 Å². The predicted octanol–water partition coefficient (Wildman–Crippen LogP) is 3.05. The van der Waals surface area contributed by atoms with E-state index in [1.807, 2.05) is 6.92 Å². The number of piperazine rings is 1. The summed E-state index contributed by atoms with van der Waals surface area (Å²) in [6.07, 6.45) is 0.792. The SMILES string of the molecule is CCC(C#N)N1CCN(C(=O)c2c(Cl)cccc2Cl)CC1. The molecule has 1 aromatic carbocycles. The van der Waals surface area contributed by atoms with Gasteiger partial charge in [-0.15, -0.1) is 0 Å². The standard InChI is InChI=1S/C15H17Cl2N3O/c1-2-11(10-18)19-6-8-20(9-7-19)15(21)14-12(16)4-3-5-13(14)17/h3-5,11H,2,6-9H2,1H3. The molecule has 1 fully saturated rings. The van der Waals surface area contributed by atoms with E-state index < -0.39 is 0 Å². The number of halogens is 2. The Hall–Kier alpha value is -1.28. The first kappa shape index (κ1) is 16.1. The first-order valence-electron chi connectivity index (χ1n) is 6.95. The van der Waals surface area contributed by atoms with E-state index in [0.29, 0.717) is 41.8 Å². The highest BCUT2D eigenvalue weighted by Gasteiger charge is 2.27. The van der Waals surface area contributed by atoms with Crippen LogP contribution in [-0.4, -0.2) is 47.9 Å². The second kappa shape index (κ2) is 7.13. The van der Waals surface area contributed by atoms with Gasteiger partial charge in [0.05, 0.1) is 27.7 Å². The minimum atomic E-state index is -0.143. The summed E-state index contributed by atoms with van der Waals surface area (Å²) in [5.41, 5.74) is 0.363. The van der Waals surface area contributed by atoms with Crippen molar-refractivity contribution in [1.82, 2.24) is 9.80 Å². The van der Waals surface area contributed by atoms with Crippen LogP contribution in [0.3, 0.4) is 0 Å². The maximum absolute atomic E-state index is 12.5. The van der Waals surface area contributed by atoms with Crippen LogP contribution in [0, 0.1) is 11.3 Å². The van der Waals surface area contributed by atoms with Gasteiger partial charge >= 0.3 is 0 Å². The van der Waals surface area contributed by atoms with Crippen molar-refractivity contribution in [3.8, 4) is 6.07 Å². The number of amides is 1. The van der Waals surface area contributed by atoms with E-state index >= 15 is 0 Å². The largest absolute Gasteiger partial charge is 0.336 e. The summed E-state index contributed by atoms with van der Waals surface area (Å²) >= 11 is 12.2. The summed E-state index contributed by atoms with van der Waals surface area (Å²) in [6.45, 7) is 4.55. The molecule has 2 rings (SSSR count). The Balaban J connectivity index is 2.06. The van der Waals surface area contributed by atoms with Gasteiger partial charge in [-0.25, -0.2) is 0 Å². The van der Waals surface area contributed by atoms with E-state index in [1.54, 1.807) is 23.1 Å². The fraction of sp³-hybridized carbons (Fsp3) is 0.467. The van der Waals surface area contributed by atoms with Crippen LogP contribution in [0.4, 0.5) is 0 Å². The Labute approximate surface area is 134 Å². The second-order valence-electron chi connectivity index (χ2n) is 4.98. The number of carbonyl (C=O) groups is 1. The lowest BCUT2D eigenvalue weighted by atomic mass is 10.1. The number of nitrogens with zero attached hydrogens (tertiary/aromatic N) is 3. The smallest absolute Gasteiger partial charge is 0.256 e. The van der Waals surface area contributed by atoms with Crippen molar-refractivity contribution in [2.75, 3.05) is 26.2 Å². The van der Waals surface area contributed by atoms with Gasteiger partial charge in [0.15, 0.2) is 0 Å². The fourth-order valence-electron chi connectivity index (χ4n) is 2.53. The van der Waals surface area contributed by atoms with Crippen LogP contribution in [0.15, 0.2) is 18.2 Å². The first-order valence-corrected chi connectivity index (χ1v) is 7.71. The van der Waals surface area contributed by atoms with E-state index in [1.165, 1.54) is 0 Å². The van der Waals surface area contributed by atoms with Crippen molar-refractivity contribution in [2.45, 2.75) is 19.4 Å². The highest BCUT2D eigenvalue weighted by atomic mass is 35.5. The quantitative estimate of drug-likeness (QED) is 0.858. The summed E-state index contributed by atoms with van der Waals surface area (Å²) in [5, 5.41) is 9.84. The van der Waals surface area contributed by atoms with Crippen molar-refractivity contribution < 1.29 is 4.79 Å². The second-order valence-corrected chi connectivity index (χ2v) is 5.79. The third-order valence-corrected chi connectivity index (χ3v) is 4.38. The van der Waals surface area contributed by atoms with Crippen molar-refractivity contribution in [2.24, 2.45) is 0 Å². The average molecular weight is 326 g/mol. The Morgan fingerprint density at radius 1 is 1.29 bits per heavy atom. The number of nitriles is 1. The van der Waals surface area contributed by atoms with E-state index in [-0.39, 0.29) is 11.9 Å². The molecule has 0 aromatic heterocycles. The molecule has 0 saturated carbocycles. The molecule has 0 bridgehead atoms. The number of hydrogen-bond acceptors (Lipinski definition) is 3. The molecule has 1 aliphatic heterocycles. The van der Waals surface area contributed by atoms with Crippen LogP contribution < -0.4 is 0 Å². The lowest BCUT2D eigenvalue weighted by molar-refractivity contribution is 0.0605. The molecule has 0 N–H and O–H groups in total. The van der Waals surface area contributed by atoms with Crippen LogP contribution in [0.1, 0.15) is 23.7 Å². The molecule has 0 radical (unpaired) electrons. The topological polar surface area (TPSA) is 47.3 Å². The molecule has 4 nitrogen and oxygen atoms in total. The maximum atomic E-state index is 12.5. The summed E-state index contributed by atoms with van der Waals surface area (Å²) in [7, 11) is 0. The molecule has 1 atom stereocenters. The zero-order valence-corrected chi connectivity index (χ0v) is 13.4. The van der Waals surface area contributed by atoms with E-state index in [9.17, 15) is 4.79 Å². The highest BCUT2D eigenvalue weighted by Crippen LogP contribution is 2.26. The zero-order chi connectivity index (χ0) is 15.4. The summed E-state index contributed by atoms with van der Waals surface area (Å²) in [4.78, 5) is 16.4. The molecule has 21 heavy (non-hydrogen) atoms. The minimum Gasteiger partial charge on any atom is -0.336 e. The van der Waals surface area contributed by atoms with Crippen molar-refractivity contribution in [3.63, 3.8) is 0 Å². The van der Waals surface area contributed by atoms with E-state index in [2.05, 4.69) is 11.0 Å². The molecule has 1 aliphatic rings. The third-order valence-electron chi connectivity index (χ3n) is 3.75. The van der Waals surface area contributed by atoms with Gasteiger partial charge in [-0.1, -0.05) is 36.2 Å². The van der Waals surface area contributed by atoms with Gasteiger partial charge in [-0.2, -0.15) is 5.26 Å². The molecule has 0 aliphatic carbocycles. The Morgan fingerprint density at radius 2 is 1.86 bits per heavy atom. The molecule has 0 spiro atoms. The molecule has 112 valence electrons. The number of carbonyl (C=O) groups excluding carboxylic acids is 1. The van der Waals surface area contributed by atoms with E-state index in [4.69, 9.17) is 28.5 Å². The minimum absolute atomic E-state index is 0.0776. The van der Waals surface area contributed by atoms with Gasteiger partial charge in [0.1, 0.15) is 0 Å². The van der Waals surface area contributed by atoms with Crippen molar-refractivity contribution >= 4 is 29.1 Å². The summed E-state index contributed by atoms with van der Waals surface area (Å²) in [6, 6.07) is 7.27. The van der Waals surface area contributed by atoms with Gasteiger partial charge in [0, 0.05) is 26.2 Å². The molecule has 1 unspecified atom stereocenters. The lowest BCUT2D eigenvalue weighted by Gasteiger charge is -2.36. The van der Waals surface area contributed by atoms with Crippen molar-refractivity contribution in [3.05, 3.63) is 33.8 Å². The monoisotopic (exact) mass is 325 g/mol. The Bertz CT molecular complexity index is 542. The molecule has 6 heteroatoms. The molecule has 1 saturated heterocycles. The highest BCUT2D eigenvalue weighted by molar-refractivity contribution is 6.39. The maximum Gasteiger partial charge on any atom is 0.256 e. The van der Waals surface area contributed by atoms with Gasteiger partial charge in [0.25, 0.3) is 5.91 Å². The predicted molar refractivity (Wildman–Crippen MR) is 83.6 cm³/mol. The van der Waals surface area contributed by atoms with Crippen LogP contribution in [0.2, 0.25) is 10.0 Å². The molecule has 1 aromatic rings. The molecule has 1 heterocycles. The number of benzene rings is 1. The lowest BCUT2D eigenvalue weighted by Crippen LogP contribution is -2.51. The number of rotatable bonds is 3. The van der Waals surface area contributed by atoms with E-state index in [0.717, 1.165) is 6.42 Å². The fourth-order valence-corrected chi connectivity index (χ4v) is 3.09. The van der Waals surface area contributed by atoms with Gasteiger partial charge in [-0.05, 0) is 18.6 Å². The van der Waals surface area contributed by atoms with Crippen LogP contribution in [0.25, 0.3) is 0 Å². The Kier molecular flexibility index (Phi) is 5.46. The first-order chi connectivity index (χ1) is 10.1. The summed E-state index contributed by atoms with van der Waals surface area (Å²) < 4.78 is 0. The molecule has 1 amide bonds. The third kappa shape index (κ3) is 3.49. The summed E-state index contributed by atoms with van der Waals surface area (Å²) in [5.74, 6) is -0.143. The average Bonchev–Trinajstić information content (AvgIpc) is 2.49. The van der Waals surface area contributed by atoms with Gasteiger partial charge < -0.3 is 4.90 Å². The van der Waals surface area contributed by atoms with Crippen molar-refractivity contribution in [1.29, 1.82) is 5.26 Å².